The van der Waals surface area contributed by atoms with E-state index in [1.165, 1.54) is 5.56 Å². The van der Waals surface area contributed by atoms with E-state index in [0.29, 0.717) is 36.9 Å². The summed E-state index contributed by atoms with van der Waals surface area (Å²) in [6.07, 6.45) is 0. The van der Waals surface area contributed by atoms with Crippen LogP contribution in [0.3, 0.4) is 0 Å². The Morgan fingerprint density at radius 3 is 2.72 bits per heavy atom. The molecular weight excluding hydrogens is 384 g/mol. The predicted molar refractivity (Wildman–Crippen MR) is 101 cm³/mol. The fourth-order valence-electron chi connectivity index (χ4n) is 2.70. The number of benzene rings is 2. The summed E-state index contributed by atoms with van der Waals surface area (Å²) in [5, 5.41) is 2.93. The summed E-state index contributed by atoms with van der Waals surface area (Å²) < 4.78 is 12.1. The van der Waals surface area contributed by atoms with E-state index >= 15 is 0 Å². The van der Waals surface area contributed by atoms with E-state index in [0.717, 1.165) is 17.6 Å². The average Bonchev–Trinajstić information content (AvgIpc) is 2.61. The number of carbonyl (C=O) groups excluding carboxylic acids is 1. The highest BCUT2D eigenvalue weighted by atomic mass is 79.9. The molecule has 2 aromatic rings. The van der Waals surface area contributed by atoms with Gasteiger partial charge in [0.25, 0.3) is 0 Å². The number of amides is 1. The van der Waals surface area contributed by atoms with Crippen molar-refractivity contribution in [2.45, 2.75) is 13.5 Å². The monoisotopic (exact) mass is 404 g/mol. The van der Waals surface area contributed by atoms with Crippen LogP contribution >= 0.6 is 15.9 Å². The molecule has 0 bridgehead atoms. The molecule has 0 atom stereocenters. The molecular formula is C19H21BrN2O3. The van der Waals surface area contributed by atoms with Crippen molar-refractivity contribution in [1.29, 1.82) is 0 Å². The summed E-state index contributed by atoms with van der Waals surface area (Å²) in [6.45, 7) is 4.98. The Morgan fingerprint density at radius 1 is 1.16 bits per heavy atom. The van der Waals surface area contributed by atoms with Crippen molar-refractivity contribution in [3.63, 3.8) is 0 Å². The summed E-state index contributed by atoms with van der Waals surface area (Å²) in [7, 11) is 0. The number of carbonyl (C=O) groups is 1. The maximum absolute atomic E-state index is 12.4. The first-order chi connectivity index (χ1) is 12.1. The number of halogens is 1. The highest BCUT2D eigenvalue weighted by molar-refractivity contribution is 9.10. The molecule has 0 radical (unpaired) electrons. The van der Waals surface area contributed by atoms with Gasteiger partial charge < -0.3 is 14.8 Å². The fraction of sp³-hybridized carbons (Fsp3) is 0.316. The predicted octanol–water partition coefficient (Wildman–Crippen LogP) is 3.68. The number of nitrogens with zero attached hydrogens (tertiary/aromatic N) is 1. The zero-order chi connectivity index (χ0) is 17.6. The van der Waals surface area contributed by atoms with E-state index in [-0.39, 0.29) is 5.91 Å². The SMILES string of the molecule is CCN(CC(=O)Nc1ccc2c(c1)OCCO2)Cc1cccc(Br)c1. The van der Waals surface area contributed by atoms with Gasteiger partial charge in [0.05, 0.1) is 6.54 Å². The van der Waals surface area contributed by atoms with Crippen molar-refractivity contribution >= 4 is 27.5 Å². The van der Waals surface area contributed by atoms with Crippen molar-refractivity contribution in [3.8, 4) is 11.5 Å². The Hall–Kier alpha value is -2.05. The van der Waals surface area contributed by atoms with E-state index in [9.17, 15) is 4.79 Å². The first kappa shape index (κ1) is 17.8. The van der Waals surface area contributed by atoms with E-state index in [4.69, 9.17) is 9.47 Å². The molecule has 0 aliphatic carbocycles. The minimum absolute atomic E-state index is 0.0477. The summed E-state index contributed by atoms with van der Waals surface area (Å²) >= 11 is 3.48. The molecule has 5 nitrogen and oxygen atoms in total. The lowest BCUT2D eigenvalue weighted by Crippen LogP contribution is -2.32. The molecule has 132 valence electrons. The molecule has 0 spiro atoms. The molecule has 3 rings (SSSR count). The summed E-state index contributed by atoms with van der Waals surface area (Å²) in [5.41, 5.74) is 1.89. The van der Waals surface area contributed by atoms with Gasteiger partial charge in [0.1, 0.15) is 13.2 Å². The maximum Gasteiger partial charge on any atom is 0.238 e. The van der Waals surface area contributed by atoms with Crippen LogP contribution in [0.15, 0.2) is 46.9 Å². The van der Waals surface area contributed by atoms with Gasteiger partial charge >= 0.3 is 0 Å². The van der Waals surface area contributed by atoms with Crippen LogP contribution in [0.5, 0.6) is 11.5 Å². The van der Waals surface area contributed by atoms with E-state index in [1.54, 1.807) is 6.07 Å². The van der Waals surface area contributed by atoms with Crippen molar-refractivity contribution in [2.75, 3.05) is 31.6 Å². The van der Waals surface area contributed by atoms with E-state index in [2.05, 4.69) is 45.2 Å². The van der Waals surface area contributed by atoms with Gasteiger partial charge in [0, 0.05) is 22.8 Å². The normalized spacial score (nSPS) is 12.9. The molecule has 1 aliphatic heterocycles. The van der Waals surface area contributed by atoms with Crippen LogP contribution in [0.1, 0.15) is 12.5 Å². The molecule has 6 heteroatoms. The van der Waals surface area contributed by atoms with Gasteiger partial charge in [0.15, 0.2) is 11.5 Å². The quantitative estimate of drug-likeness (QED) is 0.797. The molecule has 0 saturated carbocycles. The van der Waals surface area contributed by atoms with E-state index < -0.39 is 0 Å². The minimum Gasteiger partial charge on any atom is -0.486 e. The van der Waals surface area contributed by atoms with Crippen molar-refractivity contribution < 1.29 is 14.3 Å². The Bertz CT molecular complexity index is 751. The third-order valence-corrected chi connectivity index (χ3v) is 4.43. The van der Waals surface area contributed by atoms with Crippen molar-refractivity contribution in [2.24, 2.45) is 0 Å². The van der Waals surface area contributed by atoms with Crippen LogP contribution in [-0.4, -0.2) is 37.1 Å². The summed E-state index contributed by atoms with van der Waals surface area (Å²) in [4.78, 5) is 14.5. The van der Waals surface area contributed by atoms with Gasteiger partial charge in [-0.15, -0.1) is 0 Å². The van der Waals surface area contributed by atoms with Crippen molar-refractivity contribution in [1.82, 2.24) is 4.90 Å². The molecule has 1 amide bonds. The Balaban J connectivity index is 1.59. The fourth-order valence-corrected chi connectivity index (χ4v) is 3.14. The second-order valence-corrected chi connectivity index (χ2v) is 6.76. The third-order valence-electron chi connectivity index (χ3n) is 3.94. The van der Waals surface area contributed by atoms with Crippen molar-refractivity contribution in [3.05, 3.63) is 52.5 Å². The van der Waals surface area contributed by atoms with Gasteiger partial charge in [-0.1, -0.05) is 35.0 Å². The number of ether oxygens (including phenoxy) is 2. The highest BCUT2D eigenvalue weighted by Gasteiger charge is 2.14. The first-order valence-electron chi connectivity index (χ1n) is 8.30. The molecule has 2 aromatic carbocycles. The summed E-state index contributed by atoms with van der Waals surface area (Å²) in [6, 6.07) is 13.6. The minimum atomic E-state index is -0.0477. The van der Waals surface area contributed by atoms with Crippen LogP contribution in [0.4, 0.5) is 5.69 Å². The maximum atomic E-state index is 12.4. The Kier molecular flexibility index (Phi) is 5.94. The zero-order valence-electron chi connectivity index (χ0n) is 14.1. The first-order valence-corrected chi connectivity index (χ1v) is 9.09. The Morgan fingerprint density at radius 2 is 1.96 bits per heavy atom. The second kappa shape index (κ2) is 8.36. The number of rotatable bonds is 6. The Labute approximate surface area is 156 Å². The smallest absolute Gasteiger partial charge is 0.238 e. The zero-order valence-corrected chi connectivity index (χ0v) is 15.7. The molecule has 1 aliphatic rings. The van der Waals surface area contributed by atoms with Gasteiger partial charge in [0.2, 0.25) is 5.91 Å². The van der Waals surface area contributed by atoms with Crippen LogP contribution < -0.4 is 14.8 Å². The number of likely N-dealkylation sites (N-methyl/N-ethyl adjacent to an activating group) is 1. The number of anilines is 1. The molecule has 1 N–H and O–H groups in total. The topological polar surface area (TPSA) is 50.8 Å². The average molecular weight is 405 g/mol. The standard InChI is InChI=1S/C19H21BrN2O3/c1-2-22(12-14-4-3-5-15(20)10-14)13-19(23)21-16-6-7-17-18(11-16)25-9-8-24-17/h3-7,10-11H,2,8-9,12-13H2,1H3,(H,21,23). The van der Waals surface area contributed by atoms with E-state index in [1.807, 2.05) is 24.3 Å². The molecule has 25 heavy (non-hydrogen) atoms. The van der Waals surface area contributed by atoms with Gasteiger partial charge in [-0.2, -0.15) is 0 Å². The number of fused-ring (bicyclic) bond motifs is 1. The van der Waals surface area contributed by atoms with Gasteiger partial charge in [-0.3, -0.25) is 9.69 Å². The highest BCUT2D eigenvalue weighted by Crippen LogP contribution is 2.32. The molecule has 0 fully saturated rings. The lowest BCUT2D eigenvalue weighted by atomic mass is 10.2. The second-order valence-electron chi connectivity index (χ2n) is 5.84. The molecule has 0 saturated heterocycles. The van der Waals surface area contributed by atoms with Crippen LogP contribution in [-0.2, 0) is 11.3 Å². The van der Waals surface area contributed by atoms with Gasteiger partial charge in [-0.05, 0) is 36.4 Å². The molecule has 0 unspecified atom stereocenters. The van der Waals surface area contributed by atoms with Crippen LogP contribution in [0, 0.1) is 0 Å². The third kappa shape index (κ3) is 4.96. The number of hydrogen-bond acceptors (Lipinski definition) is 4. The number of nitrogens with one attached hydrogen (secondary N) is 1. The molecule has 1 heterocycles. The number of hydrogen-bond donors (Lipinski definition) is 1. The lowest BCUT2D eigenvalue weighted by Gasteiger charge is -2.21. The van der Waals surface area contributed by atoms with Gasteiger partial charge in [-0.25, -0.2) is 0 Å². The molecule has 0 aromatic heterocycles. The summed E-state index contributed by atoms with van der Waals surface area (Å²) in [5.74, 6) is 1.34. The lowest BCUT2D eigenvalue weighted by molar-refractivity contribution is -0.117. The largest absolute Gasteiger partial charge is 0.486 e. The van der Waals surface area contributed by atoms with Crippen LogP contribution in [0.2, 0.25) is 0 Å². The van der Waals surface area contributed by atoms with Crippen LogP contribution in [0.25, 0.3) is 0 Å².